The monoisotopic (exact) mass is 379 g/mol. The number of nitrogens with one attached hydrogen (secondary N) is 1. The number of halogens is 1. The number of anilines is 2. The van der Waals surface area contributed by atoms with Crippen LogP contribution in [0.1, 0.15) is 31.2 Å². The first kappa shape index (κ1) is 17.5. The van der Waals surface area contributed by atoms with Crippen LogP contribution in [0.15, 0.2) is 48.5 Å². The summed E-state index contributed by atoms with van der Waals surface area (Å²) in [6.45, 7) is 2.55. The number of amides is 1. The van der Waals surface area contributed by atoms with Crippen molar-refractivity contribution in [2.45, 2.75) is 43.7 Å². The molecule has 5 rings (SSSR count). The summed E-state index contributed by atoms with van der Waals surface area (Å²) in [6, 6.07) is 15.5. The highest BCUT2D eigenvalue weighted by atomic mass is 19.1. The van der Waals surface area contributed by atoms with Gasteiger partial charge in [0.1, 0.15) is 5.82 Å². The van der Waals surface area contributed by atoms with Gasteiger partial charge >= 0.3 is 0 Å². The van der Waals surface area contributed by atoms with Crippen LogP contribution >= 0.6 is 0 Å². The minimum atomic E-state index is -0.200. The van der Waals surface area contributed by atoms with E-state index in [-0.39, 0.29) is 17.3 Å². The Kier molecular flexibility index (Phi) is 4.26. The summed E-state index contributed by atoms with van der Waals surface area (Å²) in [7, 11) is 0. The number of hydrogen-bond donors (Lipinski definition) is 1. The molecule has 1 amide bonds. The molecule has 2 aromatic carbocycles. The molecule has 3 heterocycles. The highest BCUT2D eigenvalue weighted by molar-refractivity contribution is 5.79. The topological polar surface area (TPSA) is 35.6 Å². The molecule has 2 saturated heterocycles. The van der Waals surface area contributed by atoms with Gasteiger partial charge in [0, 0.05) is 19.6 Å². The average molecular weight is 379 g/mol. The Morgan fingerprint density at radius 3 is 2.68 bits per heavy atom. The molecule has 0 bridgehead atoms. The highest BCUT2D eigenvalue weighted by Crippen LogP contribution is 2.47. The number of carbonyl (C=O) groups is 1. The van der Waals surface area contributed by atoms with E-state index in [0.29, 0.717) is 12.5 Å². The Balaban J connectivity index is 1.33. The lowest BCUT2D eigenvalue weighted by Gasteiger charge is -2.53. The van der Waals surface area contributed by atoms with E-state index in [0.717, 1.165) is 55.8 Å². The lowest BCUT2D eigenvalue weighted by atomic mass is 9.77. The molecule has 28 heavy (non-hydrogen) atoms. The van der Waals surface area contributed by atoms with Crippen LogP contribution in [0.2, 0.25) is 0 Å². The number of benzene rings is 2. The second-order valence-corrected chi connectivity index (χ2v) is 8.34. The summed E-state index contributed by atoms with van der Waals surface area (Å²) in [5.41, 5.74) is 3.02. The molecule has 0 aliphatic carbocycles. The van der Waals surface area contributed by atoms with E-state index in [4.69, 9.17) is 0 Å². The maximum atomic E-state index is 13.9. The molecule has 0 aromatic heterocycles. The van der Waals surface area contributed by atoms with Crippen molar-refractivity contribution in [3.05, 3.63) is 59.9 Å². The van der Waals surface area contributed by atoms with Gasteiger partial charge in [-0.05, 0) is 49.4 Å². The number of rotatable bonds is 2. The van der Waals surface area contributed by atoms with E-state index >= 15 is 0 Å². The minimum absolute atomic E-state index is 0.0686. The maximum Gasteiger partial charge on any atom is 0.226 e. The quantitative estimate of drug-likeness (QED) is 0.862. The molecular weight excluding hydrogens is 353 g/mol. The Morgan fingerprint density at radius 1 is 1.11 bits per heavy atom. The second-order valence-electron chi connectivity index (χ2n) is 8.34. The fraction of sp³-hybridized carbons (Fsp3) is 0.435. The van der Waals surface area contributed by atoms with Crippen molar-refractivity contribution in [1.29, 1.82) is 0 Å². The van der Waals surface area contributed by atoms with Gasteiger partial charge in [-0.1, -0.05) is 30.3 Å². The summed E-state index contributed by atoms with van der Waals surface area (Å²) < 4.78 is 13.9. The first-order chi connectivity index (χ1) is 13.6. The smallest absolute Gasteiger partial charge is 0.226 e. The van der Waals surface area contributed by atoms with E-state index in [1.54, 1.807) is 12.1 Å². The lowest BCUT2D eigenvalue weighted by molar-refractivity contribution is -0.132. The zero-order valence-electron chi connectivity index (χ0n) is 16.0. The van der Waals surface area contributed by atoms with E-state index in [2.05, 4.69) is 10.2 Å². The number of piperidine rings is 1. The molecule has 146 valence electrons. The summed E-state index contributed by atoms with van der Waals surface area (Å²) in [4.78, 5) is 17.2. The molecular formula is C23H26FN3O. The molecule has 0 radical (unpaired) electrons. The van der Waals surface area contributed by atoms with E-state index in [1.807, 2.05) is 41.3 Å². The molecule has 2 aromatic rings. The van der Waals surface area contributed by atoms with Crippen molar-refractivity contribution in [3.63, 3.8) is 0 Å². The Morgan fingerprint density at radius 2 is 1.89 bits per heavy atom. The predicted octanol–water partition coefficient (Wildman–Crippen LogP) is 3.82. The van der Waals surface area contributed by atoms with Crippen molar-refractivity contribution in [2.24, 2.45) is 0 Å². The second kappa shape index (κ2) is 6.80. The van der Waals surface area contributed by atoms with Gasteiger partial charge in [-0.15, -0.1) is 0 Å². The van der Waals surface area contributed by atoms with Crippen LogP contribution in [0.5, 0.6) is 0 Å². The standard InChI is InChI=1S/C23H26FN3O/c24-18-8-9-20-19(16-18)25-23(21-7-4-12-27(20)21)10-13-26(14-11-23)22(28)15-17-5-2-1-3-6-17/h1-3,5-6,8-9,16,21,25H,4,7,10-15H2. The molecule has 1 spiro atoms. The van der Waals surface area contributed by atoms with E-state index in [1.165, 1.54) is 6.42 Å². The first-order valence-corrected chi connectivity index (χ1v) is 10.3. The van der Waals surface area contributed by atoms with Crippen molar-refractivity contribution < 1.29 is 9.18 Å². The number of nitrogens with zero attached hydrogens (tertiary/aromatic N) is 2. The van der Waals surface area contributed by atoms with Gasteiger partial charge < -0.3 is 15.1 Å². The fourth-order valence-corrected chi connectivity index (χ4v) is 5.34. The zero-order valence-corrected chi connectivity index (χ0v) is 16.0. The van der Waals surface area contributed by atoms with Crippen LogP contribution in [0.4, 0.5) is 15.8 Å². The van der Waals surface area contributed by atoms with Gasteiger partial charge in [-0.25, -0.2) is 4.39 Å². The van der Waals surface area contributed by atoms with Gasteiger partial charge in [-0.3, -0.25) is 4.79 Å². The molecule has 2 fully saturated rings. The highest BCUT2D eigenvalue weighted by Gasteiger charge is 2.49. The predicted molar refractivity (Wildman–Crippen MR) is 109 cm³/mol. The maximum absolute atomic E-state index is 13.9. The van der Waals surface area contributed by atoms with Crippen molar-refractivity contribution in [2.75, 3.05) is 29.9 Å². The number of likely N-dealkylation sites (tertiary alicyclic amines) is 1. The Bertz CT molecular complexity index is 877. The van der Waals surface area contributed by atoms with Crippen LogP contribution in [0, 0.1) is 5.82 Å². The van der Waals surface area contributed by atoms with Gasteiger partial charge in [0.2, 0.25) is 5.91 Å². The fourth-order valence-electron chi connectivity index (χ4n) is 5.34. The molecule has 3 aliphatic heterocycles. The minimum Gasteiger partial charge on any atom is -0.376 e. The molecule has 1 atom stereocenters. The van der Waals surface area contributed by atoms with Crippen LogP contribution in [-0.2, 0) is 11.2 Å². The first-order valence-electron chi connectivity index (χ1n) is 10.3. The molecule has 3 aliphatic rings. The third-order valence-electron chi connectivity index (χ3n) is 6.75. The lowest BCUT2D eigenvalue weighted by Crippen LogP contribution is -2.63. The summed E-state index contributed by atoms with van der Waals surface area (Å²) in [5, 5.41) is 3.71. The molecule has 4 nitrogen and oxygen atoms in total. The van der Waals surface area contributed by atoms with Gasteiger partial charge in [0.25, 0.3) is 0 Å². The molecule has 1 unspecified atom stereocenters. The third-order valence-corrected chi connectivity index (χ3v) is 6.75. The average Bonchev–Trinajstić information content (AvgIpc) is 3.20. The Labute approximate surface area is 165 Å². The largest absolute Gasteiger partial charge is 0.376 e. The molecule has 0 saturated carbocycles. The Hall–Kier alpha value is -2.56. The number of hydrogen-bond acceptors (Lipinski definition) is 3. The SMILES string of the molecule is O=C(Cc1ccccc1)N1CCC2(CC1)Nc1cc(F)ccc1N1CCCC12. The normalized spacial score (nSPS) is 22.5. The van der Waals surface area contributed by atoms with E-state index < -0.39 is 0 Å². The zero-order chi connectivity index (χ0) is 19.1. The van der Waals surface area contributed by atoms with Gasteiger partial charge in [0.15, 0.2) is 0 Å². The van der Waals surface area contributed by atoms with Crippen molar-refractivity contribution >= 4 is 17.3 Å². The van der Waals surface area contributed by atoms with Gasteiger partial charge in [-0.2, -0.15) is 0 Å². The van der Waals surface area contributed by atoms with Crippen molar-refractivity contribution in [1.82, 2.24) is 4.90 Å². The summed E-state index contributed by atoms with van der Waals surface area (Å²) in [5.74, 6) is 0.00102. The summed E-state index contributed by atoms with van der Waals surface area (Å²) >= 11 is 0. The summed E-state index contributed by atoms with van der Waals surface area (Å²) in [6.07, 6.45) is 4.60. The molecule has 1 N–H and O–H groups in total. The van der Waals surface area contributed by atoms with Crippen LogP contribution in [0.25, 0.3) is 0 Å². The molecule has 5 heteroatoms. The van der Waals surface area contributed by atoms with Crippen molar-refractivity contribution in [3.8, 4) is 0 Å². The van der Waals surface area contributed by atoms with Crippen LogP contribution < -0.4 is 10.2 Å². The number of fused-ring (bicyclic) bond motifs is 4. The van der Waals surface area contributed by atoms with Crippen LogP contribution in [-0.4, -0.2) is 42.0 Å². The third kappa shape index (κ3) is 2.93. The number of carbonyl (C=O) groups excluding carboxylic acids is 1. The van der Waals surface area contributed by atoms with Crippen LogP contribution in [0.3, 0.4) is 0 Å². The van der Waals surface area contributed by atoms with E-state index in [9.17, 15) is 9.18 Å². The van der Waals surface area contributed by atoms with Gasteiger partial charge in [0.05, 0.1) is 29.4 Å².